The lowest BCUT2D eigenvalue weighted by Crippen LogP contribution is -2.21. The van der Waals surface area contributed by atoms with Crippen molar-refractivity contribution in [2.24, 2.45) is 0 Å². The zero-order valence-corrected chi connectivity index (χ0v) is 16.6. The van der Waals surface area contributed by atoms with Crippen LogP contribution in [0.3, 0.4) is 0 Å². The van der Waals surface area contributed by atoms with Crippen LogP contribution in [-0.2, 0) is 9.53 Å². The molecule has 0 aliphatic carbocycles. The molecule has 0 spiro atoms. The molecule has 0 radical (unpaired) electrons. The van der Waals surface area contributed by atoms with Crippen LogP contribution in [0.25, 0.3) is 5.69 Å². The monoisotopic (exact) mass is 397 g/mol. The molecule has 0 atom stereocenters. The summed E-state index contributed by atoms with van der Waals surface area (Å²) in [6.07, 6.45) is 0. The van der Waals surface area contributed by atoms with Gasteiger partial charge in [0.05, 0.1) is 11.4 Å². The zero-order valence-electron chi connectivity index (χ0n) is 15.8. The van der Waals surface area contributed by atoms with E-state index in [4.69, 9.17) is 16.3 Å². The van der Waals surface area contributed by atoms with Crippen LogP contribution < -0.4 is 5.32 Å². The Morgan fingerprint density at radius 1 is 1.11 bits per heavy atom. The first-order valence-corrected chi connectivity index (χ1v) is 9.09. The van der Waals surface area contributed by atoms with Crippen LogP contribution in [0.15, 0.2) is 48.5 Å². The van der Waals surface area contributed by atoms with Crippen molar-refractivity contribution in [2.75, 3.05) is 11.9 Å². The van der Waals surface area contributed by atoms with Crippen molar-refractivity contribution in [1.29, 1.82) is 0 Å². The first-order valence-electron chi connectivity index (χ1n) is 8.71. The minimum Gasteiger partial charge on any atom is -0.452 e. The van der Waals surface area contributed by atoms with Crippen molar-refractivity contribution >= 4 is 29.2 Å². The highest BCUT2D eigenvalue weighted by molar-refractivity contribution is 6.33. The fourth-order valence-electron chi connectivity index (χ4n) is 2.73. The molecule has 0 fully saturated rings. The summed E-state index contributed by atoms with van der Waals surface area (Å²) in [5.74, 6) is -1.12. The van der Waals surface area contributed by atoms with Gasteiger partial charge >= 0.3 is 5.97 Å². The number of hydrogen-bond acceptors (Lipinski definition) is 4. The summed E-state index contributed by atoms with van der Waals surface area (Å²) >= 11 is 6.34. The van der Waals surface area contributed by atoms with E-state index in [0.717, 1.165) is 16.8 Å². The molecule has 3 rings (SSSR count). The van der Waals surface area contributed by atoms with E-state index in [1.54, 1.807) is 6.92 Å². The molecule has 144 valence electrons. The number of hydrogen-bond donors (Lipinski definition) is 1. The molecule has 28 heavy (non-hydrogen) atoms. The maximum absolute atomic E-state index is 12.5. The van der Waals surface area contributed by atoms with Crippen molar-refractivity contribution in [1.82, 2.24) is 9.78 Å². The third-order valence-electron chi connectivity index (χ3n) is 4.21. The number of carbonyl (C=O) groups is 2. The SMILES string of the molecule is Cc1ccc(C)c(NC(=O)COC(=O)c2c(C)nn(-c3ccccc3)c2Cl)c1. The van der Waals surface area contributed by atoms with Gasteiger partial charge in [-0.25, -0.2) is 9.48 Å². The van der Waals surface area contributed by atoms with E-state index in [9.17, 15) is 9.59 Å². The molecule has 1 aromatic heterocycles. The molecule has 2 aromatic carbocycles. The first-order chi connectivity index (χ1) is 13.4. The van der Waals surface area contributed by atoms with Gasteiger partial charge in [0.2, 0.25) is 0 Å². The number of nitrogens with zero attached hydrogens (tertiary/aromatic N) is 2. The van der Waals surface area contributed by atoms with E-state index in [0.29, 0.717) is 11.4 Å². The van der Waals surface area contributed by atoms with Crippen molar-refractivity contribution in [2.45, 2.75) is 20.8 Å². The number of esters is 1. The average Bonchev–Trinajstić information content (AvgIpc) is 2.98. The Morgan fingerprint density at radius 2 is 1.82 bits per heavy atom. The van der Waals surface area contributed by atoms with Gasteiger partial charge in [0.1, 0.15) is 10.7 Å². The number of carbonyl (C=O) groups excluding carboxylic acids is 2. The third kappa shape index (κ3) is 4.23. The number of aromatic nitrogens is 2. The Morgan fingerprint density at radius 3 is 2.54 bits per heavy atom. The summed E-state index contributed by atoms with van der Waals surface area (Å²) in [5, 5.41) is 7.19. The highest BCUT2D eigenvalue weighted by Crippen LogP contribution is 2.24. The van der Waals surface area contributed by atoms with Gasteiger partial charge < -0.3 is 10.1 Å². The van der Waals surface area contributed by atoms with Crippen LogP contribution in [0.4, 0.5) is 5.69 Å². The smallest absolute Gasteiger partial charge is 0.343 e. The summed E-state index contributed by atoms with van der Waals surface area (Å²) < 4.78 is 6.62. The standard InChI is InChI=1S/C21H20ClN3O3/c1-13-9-10-14(2)17(11-13)23-18(26)12-28-21(27)19-15(3)24-25(20(19)22)16-7-5-4-6-8-16/h4-11H,12H2,1-3H3,(H,23,26). The normalized spacial score (nSPS) is 10.6. The first kappa shape index (κ1) is 19.6. The molecular weight excluding hydrogens is 378 g/mol. The predicted molar refractivity (Wildman–Crippen MR) is 108 cm³/mol. The van der Waals surface area contributed by atoms with Gasteiger partial charge in [0.25, 0.3) is 5.91 Å². The number of rotatable bonds is 5. The average molecular weight is 398 g/mol. The Hall–Kier alpha value is -3.12. The summed E-state index contributed by atoms with van der Waals surface area (Å²) in [6, 6.07) is 14.9. The quantitative estimate of drug-likeness (QED) is 0.653. The molecule has 0 saturated heterocycles. The summed E-state index contributed by atoms with van der Waals surface area (Å²) in [6.45, 7) is 5.07. The lowest BCUT2D eigenvalue weighted by molar-refractivity contribution is -0.119. The maximum Gasteiger partial charge on any atom is 0.343 e. The topological polar surface area (TPSA) is 73.2 Å². The Balaban J connectivity index is 1.69. The lowest BCUT2D eigenvalue weighted by Gasteiger charge is -2.10. The Bertz CT molecular complexity index is 1030. The molecular formula is C21H20ClN3O3. The van der Waals surface area contributed by atoms with Gasteiger partial charge in [0, 0.05) is 5.69 Å². The Kier molecular flexibility index (Phi) is 5.80. The van der Waals surface area contributed by atoms with Crippen molar-refractivity contribution in [3.63, 3.8) is 0 Å². The molecule has 6 nitrogen and oxygen atoms in total. The van der Waals surface area contributed by atoms with Gasteiger partial charge in [-0.05, 0) is 50.1 Å². The second-order valence-electron chi connectivity index (χ2n) is 6.44. The number of para-hydroxylation sites is 1. The van der Waals surface area contributed by atoms with Crippen LogP contribution in [0.1, 0.15) is 27.2 Å². The van der Waals surface area contributed by atoms with Gasteiger partial charge in [-0.3, -0.25) is 4.79 Å². The van der Waals surface area contributed by atoms with E-state index in [1.165, 1.54) is 4.68 Å². The fourth-order valence-corrected chi connectivity index (χ4v) is 3.08. The molecule has 0 aliphatic rings. The Labute approximate surface area is 168 Å². The molecule has 1 heterocycles. The van der Waals surface area contributed by atoms with E-state index in [2.05, 4.69) is 10.4 Å². The minimum absolute atomic E-state index is 0.142. The molecule has 0 saturated carbocycles. The number of ether oxygens (including phenoxy) is 1. The van der Waals surface area contributed by atoms with Crippen LogP contribution in [-0.4, -0.2) is 28.3 Å². The van der Waals surface area contributed by atoms with Crippen molar-refractivity contribution in [3.8, 4) is 5.69 Å². The van der Waals surface area contributed by atoms with Gasteiger partial charge in [-0.1, -0.05) is 41.9 Å². The molecule has 0 bridgehead atoms. The highest BCUT2D eigenvalue weighted by Gasteiger charge is 2.23. The minimum atomic E-state index is -0.694. The van der Waals surface area contributed by atoms with Crippen LogP contribution in [0, 0.1) is 20.8 Å². The van der Waals surface area contributed by atoms with Gasteiger partial charge in [-0.2, -0.15) is 5.10 Å². The number of amides is 1. The number of halogens is 1. The molecule has 0 aliphatic heterocycles. The van der Waals surface area contributed by atoms with Gasteiger partial charge in [0.15, 0.2) is 6.61 Å². The predicted octanol–water partition coefficient (Wildman–Crippen LogP) is 4.25. The second-order valence-corrected chi connectivity index (χ2v) is 6.80. The third-order valence-corrected chi connectivity index (χ3v) is 4.56. The van der Waals surface area contributed by atoms with Crippen molar-refractivity contribution < 1.29 is 14.3 Å². The molecule has 1 amide bonds. The molecule has 0 unspecified atom stereocenters. The van der Waals surface area contributed by atoms with Gasteiger partial charge in [-0.15, -0.1) is 0 Å². The van der Waals surface area contributed by atoms with E-state index >= 15 is 0 Å². The van der Waals surface area contributed by atoms with Crippen LogP contribution >= 0.6 is 11.6 Å². The maximum atomic E-state index is 12.5. The largest absolute Gasteiger partial charge is 0.452 e. The fraction of sp³-hybridized carbons (Fsp3) is 0.190. The van der Waals surface area contributed by atoms with Crippen molar-refractivity contribution in [3.05, 3.63) is 76.1 Å². The van der Waals surface area contributed by atoms with E-state index in [1.807, 2.05) is 62.4 Å². The lowest BCUT2D eigenvalue weighted by atomic mass is 10.1. The number of anilines is 1. The number of aryl methyl sites for hydroxylation is 3. The van der Waals surface area contributed by atoms with Crippen LogP contribution in [0.2, 0.25) is 5.15 Å². The molecule has 7 heteroatoms. The van der Waals surface area contributed by atoms with E-state index in [-0.39, 0.29) is 10.7 Å². The van der Waals surface area contributed by atoms with Crippen LogP contribution in [0.5, 0.6) is 0 Å². The molecule has 1 N–H and O–H groups in total. The zero-order chi connectivity index (χ0) is 20.3. The molecule has 3 aromatic rings. The summed E-state index contributed by atoms with van der Waals surface area (Å²) in [7, 11) is 0. The second kappa shape index (κ2) is 8.27. The number of benzene rings is 2. The number of nitrogens with one attached hydrogen (secondary N) is 1. The summed E-state index contributed by atoms with van der Waals surface area (Å²) in [4.78, 5) is 24.6. The van der Waals surface area contributed by atoms with E-state index < -0.39 is 18.5 Å². The highest BCUT2D eigenvalue weighted by atomic mass is 35.5. The summed E-state index contributed by atoms with van der Waals surface area (Å²) in [5.41, 5.74) is 3.93.